The zero-order valence-electron chi connectivity index (χ0n) is 15.0. The minimum absolute atomic E-state index is 0.127. The van der Waals surface area contributed by atoms with Gasteiger partial charge in [0.1, 0.15) is 0 Å². The fourth-order valence-corrected chi connectivity index (χ4v) is 5.78. The SMILES string of the molecule is COC(=O)C(C)CN(C(=O)C12CC3CC(CC(C3)C1)C2)C(C)C. The summed E-state index contributed by atoms with van der Waals surface area (Å²) >= 11 is 0. The van der Waals surface area contributed by atoms with E-state index in [0.29, 0.717) is 12.5 Å². The second-order valence-electron chi connectivity index (χ2n) is 8.67. The second kappa shape index (κ2) is 6.10. The molecule has 4 saturated carbocycles. The zero-order chi connectivity index (χ0) is 16.8. The molecule has 1 unspecified atom stereocenters. The summed E-state index contributed by atoms with van der Waals surface area (Å²) in [5, 5.41) is 0. The molecule has 0 radical (unpaired) electrons. The number of hydrogen-bond donors (Lipinski definition) is 0. The van der Waals surface area contributed by atoms with Gasteiger partial charge in [0.2, 0.25) is 5.91 Å². The molecule has 0 spiro atoms. The van der Waals surface area contributed by atoms with Crippen LogP contribution in [0.15, 0.2) is 0 Å². The third-order valence-corrected chi connectivity index (χ3v) is 6.45. The Balaban J connectivity index is 1.77. The number of esters is 1. The first kappa shape index (κ1) is 16.8. The molecular formula is C19H31NO3. The van der Waals surface area contributed by atoms with Gasteiger partial charge in [0.25, 0.3) is 0 Å². The zero-order valence-corrected chi connectivity index (χ0v) is 15.0. The average molecular weight is 321 g/mol. The maximum absolute atomic E-state index is 13.5. The standard InChI is InChI=1S/C19H31NO3/c1-12(2)20(11-13(3)17(21)23-4)18(22)19-8-14-5-15(9-19)7-16(6-14)10-19/h12-16H,5-11H2,1-4H3. The number of carbonyl (C=O) groups excluding carboxylic acids is 2. The van der Waals surface area contributed by atoms with Crippen molar-refractivity contribution < 1.29 is 14.3 Å². The number of ether oxygens (including phenoxy) is 1. The summed E-state index contributed by atoms with van der Waals surface area (Å²) in [4.78, 5) is 27.2. The predicted octanol–water partition coefficient (Wildman–Crippen LogP) is 3.25. The Morgan fingerprint density at radius 1 is 1.04 bits per heavy atom. The minimum atomic E-state index is -0.264. The van der Waals surface area contributed by atoms with Crippen LogP contribution in [0.5, 0.6) is 0 Å². The lowest BCUT2D eigenvalue weighted by molar-refractivity contribution is -0.161. The molecule has 4 nitrogen and oxygen atoms in total. The molecule has 0 saturated heterocycles. The molecule has 0 heterocycles. The van der Waals surface area contributed by atoms with Crippen LogP contribution in [0.2, 0.25) is 0 Å². The van der Waals surface area contributed by atoms with E-state index in [2.05, 4.69) is 13.8 Å². The lowest BCUT2D eigenvalue weighted by Gasteiger charge is -2.57. The molecule has 4 rings (SSSR count). The van der Waals surface area contributed by atoms with Crippen molar-refractivity contribution in [1.29, 1.82) is 0 Å². The molecule has 4 aliphatic carbocycles. The molecule has 130 valence electrons. The molecule has 0 aliphatic heterocycles. The van der Waals surface area contributed by atoms with Gasteiger partial charge in [-0.05, 0) is 70.1 Å². The van der Waals surface area contributed by atoms with Gasteiger partial charge in [-0.1, -0.05) is 6.92 Å². The quantitative estimate of drug-likeness (QED) is 0.730. The van der Waals surface area contributed by atoms with Gasteiger partial charge in [-0.2, -0.15) is 0 Å². The Kier molecular flexibility index (Phi) is 4.45. The Hall–Kier alpha value is -1.06. The minimum Gasteiger partial charge on any atom is -0.469 e. The highest BCUT2D eigenvalue weighted by atomic mass is 16.5. The number of amides is 1. The highest BCUT2D eigenvalue weighted by Crippen LogP contribution is 2.60. The van der Waals surface area contributed by atoms with Crippen molar-refractivity contribution in [3.05, 3.63) is 0 Å². The van der Waals surface area contributed by atoms with E-state index < -0.39 is 0 Å². The lowest BCUT2D eigenvalue weighted by atomic mass is 9.49. The van der Waals surface area contributed by atoms with E-state index in [1.807, 2.05) is 11.8 Å². The Morgan fingerprint density at radius 3 is 1.91 bits per heavy atom. The summed E-state index contributed by atoms with van der Waals surface area (Å²) in [5.41, 5.74) is -0.130. The lowest BCUT2D eigenvalue weighted by Crippen LogP contribution is -2.56. The predicted molar refractivity (Wildman–Crippen MR) is 88.6 cm³/mol. The summed E-state index contributed by atoms with van der Waals surface area (Å²) in [6.45, 7) is 6.45. The second-order valence-corrected chi connectivity index (χ2v) is 8.67. The van der Waals surface area contributed by atoms with Gasteiger partial charge in [-0.15, -0.1) is 0 Å². The van der Waals surface area contributed by atoms with Gasteiger partial charge in [0.15, 0.2) is 0 Å². The van der Waals surface area contributed by atoms with Crippen LogP contribution in [0.1, 0.15) is 59.3 Å². The number of hydrogen-bond acceptors (Lipinski definition) is 3. The van der Waals surface area contributed by atoms with Gasteiger partial charge in [0.05, 0.1) is 18.4 Å². The molecule has 1 amide bonds. The summed E-state index contributed by atoms with van der Waals surface area (Å²) in [7, 11) is 1.42. The fraction of sp³-hybridized carbons (Fsp3) is 0.895. The van der Waals surface area contributed by atoms with Crippen LogP contribution in [-0.2, 0) is 14.3 Å². The van der Waals surface area contributed by atoms with Crippen molar-refractivity contribution in [3.63, 3.8) is 0 Å². The van der Waals surface area contributed by atoms with Crippen LogP contribution >= 0.6 is 0 Å². The molecule has 0 aromatic rings. The average Bonchev–Trinajstić information content (AvgIpc) is 2.49. The van der Waals surface area contributed by atoms with Crippen LogP contribution in [0.4, 0.5) is 0 Å². The first-order valence-electron chi connectivity index (χ1n) is 9.23. The molecule has 0 N–H and O–H groups in total. The largest absolute Gasteiger partial charge is 0.469 e. The molecule has 4 aliphatic rings. The van der Waals surface area contributed by atoms with Crippen molar-refractivity contribution in [2.75, 3.05) is 13.7 Å². The topological polar surface area (TPSA) is 46.6 Å². The van der Waals surface area contributed by atoms with Crippen molar-refractivity contribution in [2.24, 2.45) is 29.1 Å². The maximum atomic E-state index is 13.5. The van der Waals surface area contributed by atoms with Gasteiger partial charge in [-0.25, -0.2) is 0 Å². The van der Waals surface area contributed by atoms with E-state index in [9.17, 15) is 9.59 Å². The van der Waals surface area contributed by atoms with Crippen molar-refractivity contribution in [2.45, 2.75) is 65.3 Å². The number of carbonyl (C=O) groups is 2. The van der Waals surface area contributed by atoms with Crippen LogP contribution in [-0.4, -0.2) is 36.5 Å². The maximum Gasteiger partial charge on any atom is 0.310 e. The molecule has 0 aromatic carbocycles. The Labute approximate surface area is 139 Å². The molecular weight excluding hydrogens is 290 g/mol. The van der Waals surface area contributed by atoms with Gasteiger partial charge < -0.3 is 9.64 Å². The molecule has 0 aromatic heterocycles. The number of rotatable bonds is 5. The smallest absolute Gasteiger partial charge is 0.310 e. The first-order valence-corrected chi connectivity index (χ1v) is 9.23. The van der Waals surface area contributed by atoms with Gasteiger partial charge in [0, 0.05) is 12.6 Å². The van der Waals surface area contributed by atoms with E-state index in [0.717, 1.165) is 37.0 Å². The van der Waals surface area contributed by atoms with E-state index in [-0.39, 0.29) is 23.3 Å². The third kappa shape index (κ3) is 3.01. The van der Waals surface area contributed by atoms with Crippen LogP contribution in [0, 0.1) is 29.1 Å². The molecule has 1 atom stereocenters. The van der Waals surface area contributed by atoms with E-state index in [1.54, 1.807) is 0 Å². The highest BCUT2D eigenvalue weighted by Gasteiger charge is 2.55. The monoisotopic (exact) mass is 321 g/mol. The van der Waals surface area contributed by atoms with E-state index >= 15 is 0 Å². The van der Waals surface area contributed by atoms with E-state index in [4.69, 9.17) is 4.74 Å². The highest BCUT2D eigenvalue weighted by molar-refractivity contribution is 5.84. The summed E-state index contributed by atoms with van der Waals surface area (Å²) < 4.78 is 4.84. The summed E-state index contributed by atoms with van der Waals surface area (Å²) in [6, 6.07) is 0.127. The normalized spacial score (nSPS) is 36.1. The molecule has 4 heteroatoms. The van der Waals surface area contributed by atoms with Crippen LogP contribution < -0.4 is 0 Å². The van der Waals surface area contributed by atoms with Crippen LogP contribution in [0.3, 0.4) is 0 Å². The van der Waals surface area contributed by atoms with Crippen molar-refractivity contribution in [1.82, 2.24) is 4.90 Å². The van der Waals surface area contributed by atoms with E-state index in [1.165, 1.54) is 26.4 Å². The van der Waals surface area contributed by atoms with Gasteiger partial charge in [-0.3, -0.25) is 9.59 Å². The van der Waals surface area contributed by atoms with Crippen LogP contribution in [0.25, 0.3) is 0 Å². The fourth-order valence-electron chi connectivity index (χ4n) is 5.78. The number of methoxy groups -OCH3 is 1. The summed E-state index contributed by atoms with van der Waals surface area (Å²) in [6.07, 6.45) is 7.25. The molecule has 4 bridgehead atoms. The van der Waals surface area contributed by atoms with Gasteiger partial charge >= 0.3 is 5.97 Å². The number of nitrogens with zero attached hydrogens (tertiary/aromatic N) is 1. The first-order chi connectivity index (χ1) is 10.8. The van der Waals surface area contributed by atoms with Crippen molar-refractivity contribution in [3.8, 4) is 0 Å². The Bertz CT molecular complexity index is 450. The Morgan fingerprint density at radius 2 is 1.52 bits per heavy atom. The third-order valence-electron chi connectivity index (χ3n) is 6.45. The molecule has 4 fully saturated rings. The molecule has 23 heavy (non-hydrogen) atoms. The van der Waals surface area contributed by atoms with Crippen molar-refractivity contribution >= 4 is 11.9 Å². The summed E-state index contributed by atoms with van der Waals surface area (Å²) in [5.74, 6) is 2.10.